The highest BCUT2D eigenvalue weighted by Crippen LogP contribution is 2.27. The van der Waals surface area contributed by atoms with Crippen molar-refractivity contribution in [1.82, 2.24) is 4.98 Å². The van der Waals surface area contributed by atoms with E-state index in [9.17, 15) is 13.6 Å². The molecule has 7 heteroatoms. The van der Waals surface area contributed by atoms with Crippen molar-refractivity contribution in [1.29, 1.82) is 0 Å². The summed E-state index contributed by atoms with van der Waals surface area (Å²) in [4.78, 5) is 14.9. The first-order chi connectivity index (χ1) is 7.99. The molecule has 3 nitrogen and oxygen atoms in total. The van der Waals surface area contributed by atoms with Gasteiger partial charge in [-0.15, -0.1) is 11.6 Å². The number of hydrogen-bond donors (Lipinski definition) is 0. The third-order valence-corrected chi connectivity index (χ3v) is 3.03. The first-order valence-corrected chi connectivity index (χ1v) is 5.91. The van der Waals surface area contributed by atoms with Crippen molar-refractivity contribution >= 4 is 33.5 Å². The maximum absolute atomic E-state index is 12.5. The molecule has 1 heterocycles. The molecule has 0 fully saturated rings. The third-order valence-electron chi connectivity index (χ3n) is 2.07. The summed E-state index contributed by atoms with van der Waals surface area (Å²) >= 11 is 8.75. The van der Waals surface area contributed by atoms with Crippen LogP contribution in [0.1, 0.15) is 23.4 Å². The van der Waals surface area contributed by atoms with Gasteiger partial charge in [0.1, 0.15) is 5.69 Å². The fourth-order valence-electron chi connectivity index (χ4n) is 1.24. The predicted molar refractivity (Wildman–Crippen MR) is 62.2 cm³/mol. The number of carbonyl (C=O) groups is 1. The number of rotatable bonds is 4. The van der Waals surface area contributed by atoms with E-state index < -0.39 is 12.4 Å². The van der Waals surface area contributed by atoms with E-state index in [4.69, 9.17) is 11.6 Å². The molecule has 94 valence electrons. The number of esters is 1. The molecule has 0 amide bonds. The Kier molecular flexibility index (Phi) is 5.27. The van der Waals surface area contributed by atoms with E-state index in [1.165, 1.54) is 13.2 Å². The van der Waals surface area contributed by atoms with Crippen LogP contribution in [0.3, 0.4) is 0 Å². The summed E-state index contributed by atoms with van der Waals surface area (Å²) in [5.41, 5.74) is 0.346. The molecule has 0 atom stereocenters. The van der Waals surface area contributed by atoms with E-state index in [2.05, 4.69) is 25.7 Å². The van der Waals surface area contributed by atoms with Gasteiger partial charge in [-0.1, -0.05) is 15.9 Å². The first-order valence-electron chi connectivity index (χ1n) is 4.58. The van der Waals surface area contributed by atoms with Crippen molar-refractivity contribution in [3.8, 4) is 0 Å². The molecule has 1 rings (SSSR count). The van der Waals surface area contributed by atoms with Crippen LogP contribution in [0.15, 0.2) is 10.5 Å². The molecule has 0 radical (unpaired) electrons. The predicted octanol–water partition coefficient (Wildman–Crippen LogP) is 3.24. The Labute approximate surface area is 110 Å². The van der Waals surface area contributed by atoms with Gasteiger partial charge in [-0.3, -0.25) is 9.78 Å². The lowest BCUT2D eigenvalue weighted by Gasteiger charge is -2.10. The maximum Gasteiger partial charge on any atom is 0.310 e. The summed E-state index contributed by atoms with van der Waals surface area (Å²) < 4.78 is 29.9. The lowest BCUT2D eigenvalue weighted by atomic mass is 10.1. The van der Waals surface area contributed by atoms with Gasteiger partial charge in [-0.05, 0) is 6.07 Å². The lowest BCUT2D eigenvalue weighted by Crippen LogP contribution is -2.09. The van der Waals surface area contributed by atoms with Gasteiger partial charge in [0.15, 0.2) is 0 Å². The SMILES string of the molecule is COC(=O)Cc1c(Br)cc(C(F)F)nc1CCl. The summed E-state index contributed by atoms with van der Waals surface area (Å²) in [7, 11) is 1.25. The van der Waals surface area contributed by atoms with Crippen LogP contribution in [0.5, 0.6) is 0 Å². The number of halogens is 4. The molecule has 0 N–H and O–H groups in total. The average molecular weight is 329 g/mol. The van der Waals surface area contributed by atoms with Crippen LogP contribution in [0.4, 0.5) is 8.78 Å². The zero-order chi connectivity index (χ0) is 13.0. The van der Waals surface area contributed by atoms with E-state index >= 15 is 0 Å². The third kappa shape index (κ3) is 3.61. The highest BCUT2D eigenvalue weighted by Gasteiger charge is 2.18. The Bertz CT molecular complexity index is 429. The van der Waals surface area contributed by atoms with E-state index in [1.807, 2.05) is 0 Å². The molecule has 17 heavy (non-hydrogen) atoms. The molecule has 0 saturated heterocycles. The van der Waals surface area contributed by atoms with Gasteiger partial charge in [0.2, 0.25) is 0 Å². The number of nitrogens with zero attached hydrogens (tertiary/aromatic N) is 1. The Morgan fingerprint density at radius 3 is 2.76 bits per heavy atom. The molecule has 0 unspecified atom stereocenters. The molecule has 1 aromatic heterocycles. The lowest BCUT2D eigenvalue weighted by molar-refractivity contribution is -0.139. The summed E-state index contributed by atoms with van der Waals surface area (Å²) in [6.45, 7) is 0. The van der Waals surface area contributed by atoms with Crippen molar-refractivity contribution in [3.05, 3.63) is 27.5 Å². The van der Waals surface area contributed by atoms with Crippen LogP contribution in [0, 0.1) is 0 Å². The number of methoxy groups -OCH3 is 1. The van der Waals surface area contributed by atoms with Gasteiger partial charge < -0.3 is 4.74 Å². The number of alkyl halides is 3. The molecule has 1 aromatic rings. The van der Waals surface area contributed by atoms with Crippen LogP contribution >= 0.6 is 27.5 Å². The zero-order valence-corrected chi connectivity index (χ0v) is 11.2. The Balaban J connectivity index is 3.16. The van der Waals surface area contributed by atoms with Crippen LogP contribution in [0.2, 0.25) is 0 Å². The number of ether oxygens (including phenoxy) is 1. The van der Waals surface area contributed by atoms with Crippen LogP contribution < -0.4 is 0 Å². The quantitative estimate of drug-likeness (QED) is 0.629. The van der Waals surface area contributed by atoms with Crippen molar-refractivity contribution in [2.24, 2.45) is 0 Å². The van der Waals surface area contributed by atoms with Crippen molar-refractivity contribution in [2.75, 3.05) is 7.11 Å². The monoisotopic (exact) mass is 327 g/mol. The van der Waals surface area contributed by atoms with Crippen molar-refractivity contribution in [2.45, 2.75) is 18.7 Å². The molecule has 0 aliphatic carbocycles. The molecule has 0 aliphatic rings. The minimum absolute atomic E-state index is 0.0501. The molecular formula is C10H9BrClF2NO2. The standard InChI is InChI=1S/C10H9BrClF2NO2/c1-17-9(16)2-5-6(11)3-7(10(13)14)15-8(5)4-12/h3,10H,2,4H2,1H3. The molecular weight excluding hydrogens is 319 g/mol. The van der Waals surface area contributed by atoms with Gasteiger partial charge in [-0.2, -0.15) is 0 Å². The minimum Gasteiger partial charge on any atom is -0.469 e. The van der Waals surface area contributed by atoms with Crippen LogP contribution in [-0.2, 0) is 21.8 Å². The van der Waals surface area contributed by atoms with Crippen molar-refractivity contribution in [3.63, 3.8) is 0 Å². The number of aromatic nitrogens is 1. The fraction of sp³-hybridized carbons (Fsp3) is 0.400. The fourth-order valence-corrected chi connectivity index (χ4v) is 2.06. The largest absolute Gasteiger partial charge is 0.469 e. The van der Waals surface area contributed by atoms with Gasteiger partial charge in [0, 0.05) is 10.0 Å². The molecule has 0 aromatic carbocycles. The summed E-state index contributed by atoms with van der Waals surface area (Å²) in [5, 5.41) is 0. The van der Waals surface area contributed by atoms with Crippen LogP contribution in [-0.4, -0.2) is 18.1 Å². The maximum atomic E-state index is 12.5. The van der Waals surface area contributed by atoms with E-state index in [1.54, 1.807) is 0 Å². The summed E-state index contributed by atoms with van der Waals surface area (Å²) in [6, 6.07) is 1.18. The van der Waals surface area contributed by atoms with Gasteiger partial charge >= 0.3 is 5.97 Å². The highest BCUT2D eigenvalue weighted by molar-refractivity contribution is 9.10. The molecule has 0 saturated carbocycles. The Morgan fingerprint density at radius 1 is 1.65 bits per heavy atom. The molecule has 0 spiro atoms. The average Bonchev–Trinajstić information content (AvgIpc) is 2.30. The highest BCUT2D eigenvalue weighted by atomic mass is 79.9. The second kappa shape index (κ2) is 6.26. The number of hydrogen-bond acceptors (Lipinski definition) is 3. The Hall–Kier alpha value is -0.750. The van der Waals surface area contributed by atoms with Gasteiger partial charge in [-0.25, -0.2) is 8.78 Å². The number of pyridine rings is 1. The second-order valence-electron chi connectivity index (χ2n) is 3.14. The smallest absolute Gasteiger partial charge is 0.310 e. The normalized spacial score (nSPS) is 10.7. The number of carbonyl (C=O) groups excluding carboxylic acids is 1. The van der Waals surface area contributed by atoms with E-state index in [0.29, 0.717) is 10.0 Å². The molecule has 0 aliphatic heterocycles. The first kappa shape index (κ1) is 14.3. The summed E-state index contributed by atoms with van der Waals surface area (Å²) in [5.74, 6) is -0.533. The van der Waals surface area contributed by atoms with E-state index in [0.717, 1.165) is 0 Å². The minimum atomic E-state index is -2.68. The van der Waals surface area contributed by atoms with Crippen LogP contribution in [0.25, 0.3) is 0 Å². The zero-order valence-electron chi connectivity index (χ0n) is 8.84. The topological polar surface area (TPSA) is 39.2 Å². The summed E-state index contributed by atoms with van der Waals surface area (Å²) in [6.07, 6.45) is -2.74. The molecule has 0 bridgehead atoms. The van der Waals surface area contributed by atoms with Crippen molar-refractivity contribution < 1.29 is 18.3 Å². The van der Waals surface area contributed by atoms with E-state index in [-0.39, 0.29) is 23.7 Å². The van der Waals surface area contributed by atoms with Gasteiger partial charge in [0.05, 0.1) is 25.1 Å². The second-order valence-corrected chi connectivity index (χ2v) is 4.26. The van der Waals surface area contributed by atoms with Gasteiger partial charge in [0.25, 0.3) is 6.43 Å². The Morgan fingerprint density at radius 2 is 2.29 bits per heavy atom.